The monoisotopic (exact) mass is 989 g/mol. The van der Waals surface area contributed by atoms with E-state index in [1.807, 2.05) is 9.80 Å². The molecule has 2 bridgehead atoms. The van der Waals surface area contributed by atoms with Crippen molar-refractivity contribution in [1.29, 1.82) is 0 Å². The lowest BCUT2D eigenvalue weighted by Crippen LogP contribution is -2.65. The molecule has 4 saturated heterocycles. The number of benzene rings is 3. The van der Waals surface area contributed by atoms with Crippen LogP contribution in [0, 0.1) is 18.6 Å². The van der Waals surface area contributed by atoms with Gasteiger partial charge in [0.2, 0.25) is 5.88 Å². The Bertz CT molecular complexity index is 2800. The molecule has 10 rings (SSSR count). The number of fused-ring (bicyclic) bond motifs is 6. The summed E-state index contributed by atoms with van der Waals surface area (Å²) in [7, 11) is 3.04. The summed E-state index contributed by atoms with van der Waals surface area (Å²) >= 11 is 0. The van der Waals surface area contributed by atoms with Gasteiger partial charge in [0, 0.05) is 38.2 Å². The summed E-state index contributed by atoms with van der Waals surface area (Å²) in [5.74, 6) is -1.34. The van der Waals surface area contributed by atoms with Gasteiger partial charge in [0.15, 0.2) is 5.82 Å². The Balaban J connectivity index is 1.15. The van der Waals surface area contributed by atoms with Crippen LogP contribution in [0.2, 0.25) is 0 Å². The lowest BCUT2D eigenvalue weighted by atomic mass is 9.95. The van der Waals surface area contributed by atoms with Crippen LogP contribution in [-0.4, -0.2) is 113 Å². The number of carbonyl (C=O) groups is 1. The van der Waals surface area contributed by atoms with Crippen molar-refractivity contribution in [3.8, 4) is 34.6 Å². The second-order valence-corrected chi connectivity index (χ2v) is 20.5. The summed E-state index contributed by atoms with van der Waals surface area (Å²) in [6.07, 6.45) is -4.66. The van der Waals surface area contributed by atoms with Crippen molar-refractivity contribution in [3.63, 3.8) is 0 Å². The zero-order valence-corrected chi connectivity index (χ0v) is 40.7. The average molecular weight is 990 g/mol. The Morgan fingerprint density at radius 1 is 0.915 bits per heavy atom. The summed E-state index contributed by atoms with van der Waals surface area (Å²) in [4.78, 5) is 35.2. The molecule has 5 aromatic rings. The van der Waals surface area contributed by atoms with Crippen molar-refractivity contribution in [2.75, 3.05) is 50.3 Å². The van der Waals surface area contributed by atoms with E-state index in [0.29, 0.717) is 48.4 Å². The highest BCUT2D eigenvalue weighted by Gasteiger charge is 2.55. The van der Waals surface area contributed by atoms with Crippen LogP contribution >= 0.6 is 0 Å². The van der Waals surface area contributed by atoms with E-state index in [1.165, 1.54) is 14.2 Å². The number of hydrogen-bond acceptors (Lipinski definition) is 12. The smallest absolute Gasteiger partial charge is 0.417 e. The number of pyridine rings is 1. The van der Waals surface area contributed by atoms with E-state index < -0.39 is 87.3 Å². The van der Waals surface area contributed by atoms with E-state index in [0.717, 1.165) is 19.4 Å². The zero-order chi connectivity index (χ0) is 50.3. The van der Waals surface area contributed by atoms with Gasteiger partial charge in [-0.2, -0.15) is 23.1 Å². The van der Waals surface area contributed by atoms with Crippen LogP contribution < -0.4 is 28.7 Å². The highest BCUT2D eigenvalue weighted by Crippen LogP contribution is 2.50. The summed E-state index contributed by atoms with van der Waals surface area (Å²) in [5, 5.41) is -0.00309. The second-order valence-electron chi connectivity index (χ2n) is 20.5. The summed E-state index contributed by atoms with van der Waals surface area (Å²) < 4.78 is 126. The fraction of sp³-hybridized carbons (Fsp3) is 0.500. The highest BCUT2D eigenvalue weighted by molar-refractivity contribution is 5.98. The van der Waals surface area contributed by atoms with E-state index in [9.17, 15) is 9.18 Å². The maximum Gasteiger partial charge on any atom is 0.417 e. The van der Waals surface area contributed by atoms with Crippen LogP contribution in [0.5, 0.6) is 23.4 Å². The van der Waals surface area contributed by atoms with Crippen LogP contribution in [0.1, 0.15) is 82.1 Å². The maximum absolute atomic E-state index is 18.1. The fourth-order valence-electron chi connectivity index (χ4n) is 11.6. The molecule has 0 radical (unpaired) electrons. The molecule has 7 heterocycles. The number of aromatic nitrogens is 3. The number of nitrogens with zero attached hydrogens (tertiary/aromatic N) is 7. The number of halogens is 6. The number of anilines is 2. The Labute approximate surface area is 408 Å². The lowest BCUT2D eigenvalue weighted by molar-refractivity contribution is -0.137. The molecule has 71 heavy (non-hydrogen) atoms. The summed E-state index contributed by atoms with van der Waals surface area (Å²) in [6.45, 7) is 9.31. The molecule has 5 aliphatic rings. The van der Waals surface area contributed by atoms with Crippen LogP contribution in [0.4, 0.5) is 42.6 Å². The van der Waals surface area contributed by atoms with Gasteiger partial charge >= 0.3 is 18.3 Å². The molecular formula is C52H57F6N7O6. The molecule has 19 heteroatoms. The number of alkyl halides is 4. The standard InChI is InChI=1S/C52H57F6N7O6/c1-28-40(52(56,57)58)36(21-38(41(28)54)62(23-30-9-14-34(67-6)15-10-30)24-31-11-16-35(68-7)17-12-31)43-42(55)44-39-46(61-48(60-44)69-27-51-19-8-20-63(51)25-32(53)22-51)64-26-33-13-18-37(45(64)29(2)70-47(39)59-43)65(33)49(66)71-50(3,4)5/h9-12,14-17,21,29,32-33,37,45H,8,13,18-20,22-27H2,1-7H3/t29-,32+,33+,37-,45+,51-/m0/s1. The normalized spacial score (nSPS) is 23.8. The minimum absolute atomic E-state index is 0.00309. The number of rotatable bonds is 11. The van der Waals surface area contributed by atoms with Crippen molar-refractivity contribution in [3.05, 3.63) is 88.5 Å². The molecule has 0 N–H and O–H groups in total. The predicted octanol–water partition coefficient (Wildman–Crippen LogP) is 10.2. The van der Waals surface area contributed by atoms with Gasteiger partial charge in [-0.1, -0.05) is 24.3 Å². The predicted molar refractivity (Wildman–Crippen MR) is 253 cm³/mol. The van der Waals surface area contributed by atoms with Crippen molar-refractivity contribution in [1.82, 2.24) is 24.8 Å². The molecule has 0 unspecified atom stereocenters. The number of methoxy groups -OCH3 is 2. The molecule has 6 atom stereocenters. The summed E-state index contributed by atoms with van der Waals surface area (Å²) in [6, 6.07) is 13.2. The Hall–Kier alpha value is -6.24. The number of carbonyl (C=O) groups excluding carboxylic acids is 1. The van der Waals surface area contributed by atoms with Crippen molar-refractivity contribution in [2.45, 2.75) is 128 Å². The van der Waals surface area contributed by atoms with Crippen LogP contribution in [0.3, 0.4) is 0 Å². The number of piperazine rings is 1. The minimum Gasteiger partial charge on any atom is -0.497 e. The van der Waals surface area contributed by atoms with Gasteiger partial charge in [-0.05, 0) is 114 Å². The largest absolute Gasteiger partial charge is 0.497 e. The first-order valence-corrected chi connectivity index (χ1v) is 24.0. The minimum atomic E-state index is -5.20. The van der Waals surface area contributed by atoms with Gasteiger partial charge in [0.25, 0.3) is 0 Å². The van der Waals surface area contributed by atoms with Gasteiger partial charge in [-0.25, -0.2) is 22.9 Å². The second kappa shape index (κ2) is 18.1. The third-order valence-corrected chi connectivity index (χ3v) is 14.7. The van der Waals surface area contributed by atoms with E-state index in [1.54, 1.807) is 86.0 Å². The topological polar surface area (TPSA) is 115 Å². The fourth-order valence-corrected chi connectivity index (χ4v) is 11.6. The van der Waals surface area contributed by atoms with Crippen molar-refractivity contribution >= 4 is 28.5 Å². The third kappa shape index (κ3) is 8.85. The molecule has 3 aromatic carbocycles. The SMILES string of the molecule is COc1ccc(CN(Cc2ccc(OC)cc2)c2cc(-c3nc4c5c(nc(OC[C@@]67CCCN6C[C@H](F)C7)nc5c3F)N3C[C@H]5CC[C@@H]([C@H]3[C@H](C)O4)N5C(=O)OC(C)(C)C)c(C(F)(F)F)c(C)c2F)cc1. The molecule has 0 saturated carbocycles. The van der Waals surface area contributed by atoms with Crippen LogP contribution in [0.25, 0.3) is 22.2 Å². The first-order valence-electron chi connectivity index (χ1n) is 24.0. The molecule has 5 aliphatic heterocycles. The Morgan fingerprint density at radius 3 is 2.20 bits per heavy atom. The number of ether oxygens (including phenoxy) is 5. The molecule has 2 aromatic heterocycles. The van der Waals surface area contributed by atoms with Gasteiger partial charge in [-0.3, -0.25) is 9.80 Å². The third-order valence-electron chi connectivity index (χ3n) is 14.7. The van der Waals surface area contributed by atoms with Gasteiger partial charge in [0.1, 0.15) is 64.2 Å². The van der Waals surface area contributed by atoms with Crippen molar-refractivity contribution < 1.29 is 54.8 Å². The van der Waals surface area contributed by atoms with Gasteiger partial charge in [-0.15, -0.1) is 0 Å². The first kappa shape index (κ1) is 48.4. The zero-order valence-electron chi connectivity index (χ0n) is 40.7. The molecule has 0 aliphatic carbocycles. The summed E-state index contributed by atoms with van der Waals surface area (Å²) in [5.41, 5.74) is -4.47. The Kier molecular flexibility index (Phi) is 12.3. The van der Waals surface area contributed by atoms with Crippen molar-refractivity contribution in [2.24, 2.45) is 0 Å². The van der Waals surface area contributed by atoms with Gasteiger partial charge in [0.05, 0.1) is 49.1 Å². The van der Waals surface area contributed by atoms with Crippen LogP contribution in [-0.2, 0) is 24.0 Å². The highest BCUT2D eigenvalue weighted by atomic mass is 19.4. The molecule has 13 nitrogen and oxygen atoms in total. The number of hydrogen-bond donors (Lipinski definition) is 0. The van der Waals surface area contributed by atoms with E-state index in [2.05, 4.69) is 9.97 Å². The van der Waals surface area contributed by atoms with E-state index in [-0.39, 0.29) is 74.0 Å². The van der Waals surface area contributed by atoms with E-state index >= 15 is 22.0 Å². The first-order chi connectivity index (χ1) is 33.8. The molecule has 4 fully saturated rings. The molecular weight excluding hydrogens is 933 g/mol. The number of amides is 1. The quantitative estimate of drug-likeness (QED) is 0.117. The molecule has 0 spiro atoms. The van der Waals surface area contributed by atoms with E-state index in [4.69, 9.17) is 28.7 Å². The Morgan fingerprint density at radius 2 is 1.58 bits per heavy atom. The lowest BCUT2D eigenvalue weighted by Gasteiger charge is -2.48. The molecule has 1 amide bonds. The maximum atomic E-state index is 18.1. The van der Waals surface area contributed by atoms with Crippen LogP contribution in [0.15, 0.2) is 54.6 Å². The van der Waals surface area contributed by atoms with Gasteiger partial charge < -0.3 is 33.5 Å². The average Bonchev–Trinajstić information content (AvgIpc) is 3.94. The molecule has 378 valence electrons.